The smallest absolute Gasteiger partial charge is 0.269 e. The molecule has 17 heavy (non-hydrogen) atoms. The number of benzene rings is 1. The van der Waals surface area contributed by atoms with Crippen LogP contribution in [0.15, 0.2) is 48.7 Å². The Morgan fingerprint density at radius 3 is 2.41 bits per heavy atom. The second-order valence-corrected chi connectivity index (χ2v) is 3.51. The number of aliphatic hydroxyl groups is 1. The molecule has 2 rings (SSSR count). The van der Waals surface area contributed by atoms with Crippen molar-refractivity contribution in [1.29, 1.82) is 0 Å². The monoisotopic (exact) mass is 230 g/mol. The maximum absolute atomic E-state index is 10.5. The van der Waals surface area contributed by atoms with Crippen LogP contribution in [-0.4, -0.2) is 15.0 Å². The zero-order chi connectivity index (χ0) is 12.3. The largest absolute Gasteiger partial charge is 0.382 e. The summed E-state index contributed by atoms with van der Waals surface area (Å²) < 4.78 is 0. The molecule has 5 heteroatoms. The van der Waals surface area contributed by atoms with Crippen LogP contribution in [-0.2, 0) is 0 Å². The molecule has 1 heterocycles. The molecule has 0 fully saturated rings. The SMILES string of the molecule is O=[N+]([O-])c1ccc([C@@H](O)c2ccccn2)cc1. The first-order valence-electron chi connectivity index (χ1n) is 5.02. The summed E-state index contributed by atoms with van der Waals surface area (Å²) in [5, 5.41) is 20.5. The molecule has 1 atom stereocenters. The molecular weight excluding hydrogens is 220 g/mol. The van der Waals surface area contributed by atoms with Crippen molar-refractivity contribution in [2.75, 3.05) is 0 Å². The Balaban J connectivity index is 2.26. The second-order valence-electron chi connectivity index (χ2n) is 3.51. The van der Waals surface area contributed by atoms with E-state index in [-0.39, 0.29) is 5.69 Å². The van der Waals surface area contributed by atoms with Crippen molar-refractivity contribution in [1.82, 2.24) is 4.98 Å². The highest BCUT2D eigenvalue weighted by molar-refractivity contribution is 5.35. The van der Waals surface area contributed by atoms with E-state index in [0.717, 1.165) is 0 Å². The number of non-ortho nitro benzene ring substituents is 1. The van der Waals surface area contributed by atoms with Crippen molar-refractivity contribution in [3.8, 4) is 0 Å². The Morgan fingerprint density at radius 2 is 1.88 bits per heavy atom. The van der Waals surface area contributed by atoms with Crippen LogP contribution in [0.4, 0.5) is 5.69 Å². The highest BCUT2D eigenvalue weighted by Crippen LogP contribution is 2.22. The fraction of sp³-hybridized carbons (Fsp3) is 0.0833. The van der Waals surface area contributed by atoms with E-state index in [0.29, 0.717) is 11.3 Å². The first-order chi connectivity index (χ1) is 8.18. The summed E-state index contributed by atoms with van der Waals surface area (Å²) in [6.07, 6.45) is 0.723. The van der Waals surface area contributed by atoms with Crippen LogP contribution in [0.25, 0.3) is 0 Å². The summed E-state index contributed by atoms with van der Waals surface area (Å²) in [7, 11) is 0. The van der Waals surface area contributed by atoms with E-state index < -0.39 is 11.0 Å². The molecule has 1 aromatic carbocycles. The Bertz CT molecular complexity index is 511. The standard InChI is InChI=1S/C12H10N2O3/c15-12(11-3-1-2-8-13-11)9-4-6-10(7-5-9)14(16)17/h1-8,12,15H/t12-/m1/s1. The van der Waals surface area contributed by atoms with E-state index in [1.807, 2.05) is 0 Å². The first-order valence-corrected chi connectivity index (χ1v) is 5.02. The Kier molecular flexibility index (Phi) is 3.11. The number of pyridine rings is 1. The van der Waals surface area contributed by atoms with Crippen molar-refractivity contribution in [3.05, 3.63) is 70.0 Å². The van der Waals surface area contributed by atoms with E-state index in [2.05, 4.69) is 4.98 Å². The van der Waals surface area contributed by atoms with Crippen LogP contribution in [0, 0.1) is 10.1 Å². The minimum atomic E-state index is -0.864. The second kappa shape index (κ2) is 4.71. The van der Waals surface area contributed by atoms with Crippen molar-refractivity contribution in [2.24, 2.45) is 0 Å². The van der Waals surface area contributed by atoms with Crippen molar-refractivity contribution >= 4 is 5.69 Å². The van der Waals surface area contributed by atoms with Gasteiger partial charge in [-0.15, -0.1) is 0 Å². The highest BCUT2D eigenvalue weighted by atomic mass is 16.6. The molecule has 0 spiro atoms. The van der Waals surface area contributed by atoms with E-state index in [1.54, 1.807) is 24.4 Å². The fourth-order valence-corrected chi connectivity index (χ4v) is 1.49. The minimum Gasteiger partial charge on any atom is -0.382 e. The predicted molar refractivity (Wildman–Crippen MR) is 61.4 cm³/mol. The lowest BCUT2D eigenvalue weighted by Gasteiger charge is -2.09. The molecule has 0 amide bonds. The van der Waals surface area contributed by atoms with Gasteiger partial charge in [-0.1, -0.05) is 6.07 Å². The summed E-state index contributed by atoms with van der Waals surface area (Å²) in [6, 6.07) is 11.0. The lowest BCUT2D eigenvalue weighted by atomic mass is 10.1. The molecule has 86 valence electrons. The van der Waals surface area contributed by atoms with Gasteiger partial charge in [0.1, 0.15) is 6.10 Å². The number of rotatable bonds is 3. The third-order valence-corrected chi connectivity index (χ3v) is 2.39. The summed E-state index contributed by atoms with van der Waals surface area (Å²) >= 11 is 0. The molecule has 0 radical (unpaired) electrons. The molecule has 0 unspecified atom stereocenters. The topological polar surface area (TPSA) is 76.3 Å². The Labute approximate surface area is 97.5 Å². The highest BCUT2D eigenvalue weighted by Gasteiger charge is 2.12. The molecule has 2 aromatic rings. The third-order valence-electron chi connectivity index (χ3n) is 2.39. The number of hydrogen-bond donors (Lipinski definition) is 1. The van der Waals surface area contributed by atoms with E-state index in [4.69, 9.17) is 0 Å². The molecule has 1 N–H and O–H groups in total. The van der Waals surface area contributed by atoms with Gasteiger partial charge in [-0.2, -0.15) is 0 Å². The average Bonchev–Trinajstić information content (AvgIpc) is 2.39. The summed E-state index contributed by atoms with van der Waals surface area (Å²) in [5.74, 6) is 0. The Hall–Kier alpha value is -2.27. The van der Waals surface area contributed by atoms with E-state index in [9.17, 15) is 15.2 Å². The average molecular weight is 230 g/mol. The van der Waals surface area contributed by atoms with E-state index in [1.165, 1.54) is 24.3 Å². The van der Waals surface area contributed by atoms with Gasteiger partial charge in [0.05, 0.1) is 10.6 Å². The molecule has 0 aliphatic heterocycles. The molecule has 0 aliphatic rings. The van der Waals surface area contributed by atoms with Gasteiger partial charge in [0.15, 0.2) is 0 Å². The maximum Gasteiger partial charge on any atom is 0.269 e. The zero-order valence-corrected chi connectivity index (χ0v) is 8.85. The van der Waals surface area contributed by atoms with Gasteiger partial charge in [-0.25, -0.2) is 0 Å². The summed E-state index contributed by atoms with van der Waals surface area (Å²) in [6.45, 7) is 0. The van der Waals surface area contributed by atoms with Gasteiger partial charge < -0.3 is 5.11 Å². The van der Waals surface area contributed by atoms with Gasteiger partial charge in [0.25, 0.3) is 5.69 Å². The normalized spacial score (nSPS) is 12.1. The van der Waals surface area contributed by atoms with Gasteiger partial charge >= 0.3 is 0 Å². The predicted octanol–water partition coefficient (Wildman–Crippen LogP) is 2.07. The Morgan fingerprint density at radius 1 is 1.18 bits per heavy atom. The molecule has 1 aromatic heterocycles. The minimum absolute atomic E-state index is 0.00182. The van der Waals surface area contributed by atoms with Crippen LogP contribution >= 0.6 is 0 Å². The van der Waals surface area contributed by atoms with Crippen molar-refractivity contribution in [2.45, 2.75) is 6.10 Å². The first kappa shape index (κ1) is 11.2. The maximum atomic E-state index is 10.5. The fourth-order valence-electron chi connectivity index (χ4n) is 1.49. The number of nitrogens with zero attached hydrogens (tertiary/aromatic N) is 2. The zero-order valence-electron chi connectivity index (χ0n) is 8.85. The van der Waals surface area contributed by atoms with Gasteiger partial charge in [0, 0.05) is 18.3 Å². The summed E-state index contributed by atoms with van der Waals surface area (Å²) in [5.41, 5.74) is 1.10. The van der Waals surface area contributed by atoms with Crippen molar-refractivity contribution in [3.63, 3.8) is 0 Å². The van der Waals surface area contributed by atoms with Crippen LogP contribution in [0.1, 0.15) is 17.4 Å². The van der Waals surface area contributed by atoms with Crippen LogP contribution in [0.5, 0.6) is 0 Å². The quantitative estimate of drug-likeness (QED) is 0.646. The molecular formula is C12H10N2O3. The van der Waals surface area contributed by atoms with Gasteiger partial charge in [-0.3, -0.25) is 15.1 Å². The van der Waals surface area contributed by atoms with Crippen LogP contribution in [0.3, 0.4) is 0 Å². The van der Waals surface area contributed by atoms with E-state index >= 15 is 0 Å². The van der Waals surface area contributed by atoms with Crippen LogP contribution < -0.4 is 0 Å². The number of nitro groups is 1. The molecule has 5 nitrogen and oxygen atoms in total. The lowest BCUT2D eigenvalue weighted by molar-refractivity contribution is -0.384. The molecule has 0 aliphatic carbocycles. The van der Waals surface area contributed by atoms with Gasteiger partial charge in [-0.05, 0) is 29.8 Å². The number of nitro benzene ring substituents is 1. The third kappa shape index (κ3) is 2.46. The van der Waals surface area contributed by atoms with Crippen LogP contribution in [0.2, 0.25) is 0 Å². The van der Waals surface area contributed by atoms with Gasteiger partial charge in [0.2, 0.25) is 0 Å². The molecule has 0 bridgehead atoms. The van der Waals surface area contributed by atoms with Crippen molar-refractivity contribution < 1.29 is 10.0 Å². The lowest BCUT2D eigenvalue weighted by Crippen LogP contribution is -2.01. The number of aromatic nitrogens is 1. The summed E-state index contributed by atoms with van der Waals surface area (Å²) in [4.78, 5) is 14.0. The molecule has 0 saturated heterocycles. The number of hydrogen-bond acceptors (Lipinski definition) is 4. The molecule has 0 saturated carbocycles. The number of aliphatic hydroxyl groups excluding tert-OH is 1.